The van der Waals surface area contributed by atoms with Gasteiger partial charge in [0, 0.05) is 59.2 Å². The predicted molar refractivity (Wildman–Crippen MR) is 176 cm³/mol. The second-order valence-electron chi connectivity index (χ2n) is 14.1. The molecule has 1 atom stereocenters. The average molecular weight is 644 g/mol. The first-order valence-electron chi connectivity index (χ1n) is 15.2. The molecule has 8 nitrogen and oxygen atoms in total. The van der Waals surface area contributed by atoms with Crippen molar-refractivity contribution in [2.45, 2.75) is 90.9 Å². The summed E-state index contributed by atoms with van der Waals surface area (Å²) in [7, 11) is 0. The number of piperidine rings is 1. The van der Waals surface area contributed by atoms with E-state index < -0.39 is 11.6 Å². The number of hydrogen-bond donors (Lipinski definition) is 2. The van der Waals surface area contributed by atoms with Gasteiger partial charge in [-0.15, -0.1) is 0 Å². The number of carbonyl (C=O) groups is 3. The second kappa shape index (κ2) is 13.2. The van der Waals surface area contributed by atoms with Gasteiger partial charge in [0.15, 0.2) is 0 Å². The Kier molecular flexibility index (Phi) is 10.2. The predicted octanol–water partition coefficient (Wildman–Crippen LogP) is 6.99. The first kappa shape index (κ1) is 33.9. The van der Waals surface area contributed by atoms with Gasteiger partial charge in [-0.3, -0.25) is 24.3 Å². The highest BCUT2D eigenvalue weighted by Crippen LogP contribution is 2.45. The van der Waals surface area contributed by atoms with Gasteiger partial charge < -0.3 is 15.3 Å². The van der Waals surface area contributed by atoms with Crippen molar-refractivity contribution in [1.29, 1.82) is 0 Å². The summed E-state index contributed by atoms with van der Waals surface area (Å²) in [4.78, 5) is 47.7. The third-order valence-corrected chi connectivity index (χ3v) is 8.94. The molecule has 1 spiro atoms. The zero-order valence-corrected chi connectivity index (χ0v) is 28.1. The molecule has 44 heavy (non-hydrogen) atoms. The topological polar surface area (TPSA) is 102 Å². The quantitative estimate of drug-likeness (QED) is 0.307. The monoisotopic (exact) mass is 642 g/mol. The number of aliphatic imine (C=N–C) groups is 1. The fourth-order valence-electron chi connectivity index (χ4n) is 6.07. The molecule has 2 heterocycles. The zero-order chi connectivity index (χ0) is 32.4. The highest BCUT2D eigenvalue weighted by atomic mass is 35.5. The van der Waals surface area contributed by atoms with E-state index in [0.717, 1.165) is 25.1 Å². The smallest absolute Gasteiger partial charge is 0.305 e. The number of carboxylic acids is 1. The van der Waals surface area contributed by atoms with E-state index in [4.69, 9.17) is 33.3 Å². The number of likely N-dealkylation sites (tertiary alicyclic amines) is 1. The van der Waals surface area contributed by atoms with Crippen LogP contribution in [-0.4, -0.2) is 69.2 Å². The van der Waals surface area contributed by atoms with Crippen LogP contribution in [0.3, 0.4) is 0 Å². The minimum Gasteiger partial charge on any atom is -0.481 e. The van der Waals surface area contributed by atoms with Gasteiger partial charge in [-0.05, 0) is 74.9 Å². The highest BCUT2D eigenvalue weighted by molar-refractivity contribution is 6.47. The Bertz CT molecular complexity index is 1400. The first-order valence-corrected chi connectivity index (χ1v) is 16.0. The SMILES string of the molecule is CC(C)(C)CC[C@H](c1ccc(C(=O)NCCC(=O)O)cc1)N1C(=O)C(c2cc(Cl)cc(Cl)c2)=NC12CCN(C(C)(C)C)CC2. The van der Waals surface area contributed by atoms with Crippen LogP contribution < -0.4 is 5.32 Å². The molecule has 0 saturated carbocycles. The lowest BCUT2D eigenvalue weighted by Crippen LogP contribution is -2.57. The molecule has 238 valence electrons. The van der Waals surface area contributed by atoms with Gasteiger partial charge in [0.1, 0.15) is 11.4 Å². The molecular weight excluding hydrogens is 599 g/mol. The molecule has 0 radical (unpaired) electrons. The van der Waals surface area contributed by atoms with E-state index in [1.165, 1.54) is 0 Å². The summed E-state index contributed by atoms with van der Waals surface area (Å²) in [5, 5.41) is 12.4. The Morgan fingerprint density at radius 2 is 1.59 bits per heavy atom. The van der Waals surface area contributed by atoms with Crippen molar-refractivity contribution in [1.82, 2.24) is 15.1 Å². The van der Waals surface area contributed by atoms with E-state index in [-0.39, 0.29) is 41.8 Å². The van der Waals surface area contributed by atoms with Crippen LogP contribution >= 0.6 is 23.2 Å². The van der Waals surface area contributed by atoms with E-state index in [1.54, 1.807) is 30.3 Å². The van der Waals surface area contributed by atoms with Crippen molar-refractivity contribution >= 4 is 46.7 Å². The number of nitrogens with zero attached hydrogens (tertiary/aromatic N) is 3. The molecule has 2 N–H and O–H groups in total. The number of carboxylic acid groups (broad SMARTS) is 1. The molecule has 2 aromatic carbocycles. The van der Waals surface area contributed by atoms with Crippen LogP contribution in [-0.2, 0) is 9.59 Å². The fourth-order valence-corrected chi connectivity index (χ4v) is 6.59. The third-order valence-electron chi connectivity index (χ3n) is 8.50. The molecule has 2 amide bonds. The lowest BCUT2D eigenvalue weighted by atomic mass is 9.84. The Morgan fingerprint density at radius 1 is 1.00 bits per heavy atom. The van der Waals surface area contributed by atoms with Crippen LogP contribution in [0.2, 0.25) is 10.0 Å². The van der Waals surface area contributed by atoms with Gasteiger partial charge in [0.2, 0.25) is 0 Å². The first-order chi connectivity index (χ1) is 20.5. The lowest BCUT2D eigenvalue weighted by molar-refractivity contribution is -0.137. The van der Waals surface area contributed by atoms with Crippen molar-refractivity contribution in [3.8, 4) is 0 Å². The van der Waals surface area contributed by atoms with Gasteiger partial charge in [-0.2, -0.15) is 0 Å². The summed E-state index contributed by atoms with van der Waals surface area (Å²) in [6.07, 6.45) is 2.79. The minimum atomic E-state index is -0.971. The number of rotatable bonds is 9. The Balaban J connectivity index is 1.74. The number of hydrogen-bond acceptors (Lipinski definition) is 5. The van der Waals surface area contributed by atoms with E-state index in [0.29, 0.717) is 46.1 Å². The molecule has 2 aromatic rings. The summed E-state index contributed by atoms with van der Waals surface area (Å²) < 4.78 is 0. The second-order valence-corrected chi connectivity index (χ2v) is 14.9. The van der Waals surface area contributed by atoms with Crippen LogP contribution in [0, 0.1) is 5.41 Å². The van der Waals surface area contributed by atoms with Crippen molar-refractivity contribution in [3.63, 3.8) is 0 Å². The highest BCUT2D eigenvalue weighted by Gasteiger charge is 2.52. The van der Waals surface area contributed by atoms with E-state index in [9.17, 15) is 14.4 Å². The number of nitrogens with one attached hydrogen (secondary N) is 1. The molecular formula is C34H44Cl2N4O4. The molecule has 4 rings (SSSR count). The van der Waals surface area contributed by atoms with Crippen molar-refractivity contribution in [2.75, 3.05) is 19.6 Å². The minimum absolute atomic E-state index is 0.00537. The van der Waals surface area contributed by atoms with Crippen molar-refractivity contribution < 1.29 is 19.5 Å². The average Bonchev–Trinajstić information content (AvgIpc) is 3.19. The van der Waals surface area contributed by atoms with E-state index in [1.807, 2.05) is 17.0 Å². The summed E-state index contributed by atoms with van der Waals surface area (Å²) in [6.45, 7) is 14.8. The normalized spacial score (nSPS) is 18.0. The largest absolute Gasteiger partial charge is 0.481 e. The Labute approximate surface area is 270 Å². The standard InChI is InChI=1S/C34H44Cl2N4O4/c1-32(2,3)13-11-27(22-7-9-23(10-8-22)30(43)37-16-12-28(41)42)40-31(44)29(24-19-25(35)21-26(36)20-24)38-34(40)14-17-39(18-15-34)33(4,5)6/h7-10,19-21,27H,11-18H2,1-6H3,(H,37,43)(H,41,42)/t27-/m1/s1. The van der Waals surface area contributed by atoms with Gasteiger partial charge in [-0.1, -0.05) is 56.1 Å². The molecule has 2 aliphatic rings. The number of aliphatic carboxylic acids is 1. The zero-order valence-electron chi connectivity index (χ0n) is 26.5. The maximum atomic E-state index is 14.6. The van der Waals surface area contributed by atoms with Crippen LogP contribution in [0.25, 0.3) is 0 Å². The molecule has 1 saturated heterocycles. The number of benzene rings is 2. The van der Waals surface area contributed by atoms with Gasteiger partial charge in [-0.25, -0.2) is 0 Å². The molecule has 2 aliphatic heterocycles. The summed E-state index contributed by atoms with van der Waals surface area (Å²) in [5.74, 6) is -1.46. The third kappa shape index (κ3) is 8.01. The van der Waals surface area contributed by atoms with Crippen molar-refractivity contribution in [2.24, 2.45) is 10.4 Å². The summed E-state index contributed by atoms with van der Waals surface area (Å²) >= 11 is 12.7. The van der Waals surface area contributed by atoms with Crippen LogP contribution in [0.15, 0.2) is 47.5 Å². The Morgan fingerprint density at radius 3 is 2.11 bits per heavy atom. The van der Waals surface area contributed by atoms with E-state index >= 15 is 0 Å². The summed E-state index contributed by atoms with van der Waals surface area (Å²) in [6, 6.07) is 12.1. The molecule has 0 aromatic heterocycles. The molecule has 1 fully saturated rings. The maximum absolute atomic E-state index is 14.6. The molecule has 10 heteroatoms. The van der Waals surface area contributed by atoms with Gasteiger partial charge in [0.05, 0.1) is 12.5 Å². The number of carbonyl (C=O) groups excluding carboxylic acids is 2. The lowest BCUT2D eigenvalue weighted by Gasteiger charge is -2.49. The van der Waals surface area contributed by atoms with Crippen LogP contribution in [0.1, 0.15) is 101 Å². The molecule has 0 unspecified atom stereocenters. The van der Waals surface area contributed by atoms with Gasteiger partial charge in [0.25, 0.3) is 11.8 Å². The van der Waals surface area contributed by atoms with Gasteiger partial charge >= 0.3 is 5.97 Å². The number of amides is 2. The maximum Gasteiger partial charge on any atom is 0.305 e. The van der Waals surface area contributed by atoms with E-state index in [2.05, 4.69) is 51.8 Å². The fraction of sp³-hybridized carbons (Fsp3) is 0.529. The number of halogens is 2. The van der Waals surface area contributed by atoms with Crippen LogP contribution in [0.4, 0.5) is 0 Å². The Hall–Kier alpha value is -2.94. The van der Waals surface area contributed by atoms with Crippen LogP contribution in [0.5, 0.6) is 0 Å². The van der Waals surface area contributed by atoms with Crippen molar-refractivity contribution in [3.05, 3.63) is 69.2 Å². The summed E-state index contributed by atoms with van der Waals surface area (Å²) in [5.41, 5.74) is 1.61. The molecule has 0 aliphatic carbocycles. The molecule has 0 bridgehead atoms.